The third-order valence-electron chi connectivity index (χ3n) is 4.53. The van der Waals surface area contributed by atoms with Crippen LogP contribution in [-0.2, 0) is 0 Å². The van der Waals surface area contributed by atoms with Gasteiger partial charge in [0.2, 0.25) is 0 Å². The molecule has 0 spiro atoms. The van der Waals surface area contributed by atoms with Crippen LogP contribution in [0.5, 0.6) is 0 Å². The van der Waals surface area contributed by atoms with Gasteiger partial charge in [-0.05, 0) is 31.9 Å². The molecular weight excluding hydrogens is 320 g/mol. The van der Waals surface area contributed by atoms with Gasteiger partial charge in [0.25, 0.3) is 0 Å². The molecule has 1 saturated carbocycles. The van der Waals surface area contributed by atoms with Gasteiger partial charge in [-0.25, -0.2) is 4.98 Å². The first-order valence-corrected chi connectivity index (χ1v) is 8.75. The van der Waals surface area contributed by atoms with E-state index in [4.69, 9.17) is 10.7 Å². The highest BCUT2D eigenvalue weighted by atomic mass is 32.1. The summed E-state index contributed by atoms with van der Waals surface area (Å²) in [4.78, 5) is 6.61. The largest absolute Gasteiger partial charge is 0.509 e. The normalized spacial score (nSPS) is 20.6. The third kappa shape index (κ3) is 2.29. The molecule has 1 aliphatic carbocycles. The van der Waals surface area contributed by atoms with Crippen molar-refractivity contribution >= 4 is 22.7 Å². The second-order valence-electron chi connectivity index (χ2n) is 6.15. The zero-order chi connectivity index (χ0) is 16.8. The van der Waals surface area contributed by atoms with Gasteiger partial charge < -0.3 is 10.0 Å². The van der Waals surface area contributed by atoms with Gasteiger partial charge in [0.05, 0.1) is 28.9 Å². The van der Waals surface area contributed by atoms with Crippen LogP contribution in [-0.4, -0.2) is 32.9 Å². The number of amidine groups is 1. The maximum atomic E-state index is 10.5. The van der Waals surface area contributed by atoms with Crippen molar-refractivity contribution in [3.8, 4) is 17.3 Å². The van der Waals surface area contributed by atoms with Crippen LogP contribution in [0.1, 0.15) is 30.3 Å². The second-order valence-corrected chi connectivity index (χ2v) is 7.01. The molecule has 24 heavy (non-hydrogen) atoms. The molecule has 1 fully saturated rings. The van der Waals surface area contributed by atoms with Crippen molar-refractivity contribution in [2.24, 2.45) is 0 Å². The standard InChI is InChI=1S/C18H16N4OS/c1-10-16(23)15(17(20)22(10)13-6-7-13)18-21-14(9-24-18)12-4-2-11(8-19)3-5-12/h2-5,9-10,13,20,23H,6-7H2,1H3. The Hall–Kier alpha value is -2.65. The van der Waals surface area contributed by atoms with Crippen molar-refractivity contribution in [2.75, 3.05) is 0 Å². The fourth-order valence-electron chi connectivity index (χ4n) is 3.08. The predicted octanol–water partition coefficient (Wildman–Crippen LogP) is 3.79. The van der Waals surface area contributed by atoms with Crippen molar-refractivity contribution in [1.82, 2.24) is 9.88 Å². The van der Waals surface area contributed by atoms with Gasteiger partial charge in [-0.1, -0.05) is 12.1 Å². The molecule has 2 aromatic rings. The molecule has 1 unspecified atom stereocenters. The van der Waals surface area contributed by atoms with E-state index in [9.17, 15) is 5.11 Å². The van der Waals surface area contributed by atoms with Crippen molar-refractivity contribution < 1.29 is 5.11 Å². The fraction of sp³-hybridized carbons (Fsp3) is 0.278. The predicted molar refractivity (Wildman–Crippen MR) is 93.9 cm³/mol. The minimum atomic E-state index is -0.151. The Morgan fingerprint density at radius 3 is 2.67 bits per heavy atom. The van der Waals surface area contributed by atoms with Gasteiger partial charge in [-0.3, -0.25) is 5.41 Å². The van der Waals surface area contributed by atoms with Crippen LogP contribution in [0.25, 0.3) is 16.8 Å². The molecule has 1 atom stereocenters. The molecule has 0 radical (unpaired) electrons. The van der Waals surface area contributed by atoms with Crippen LogP contribution in [0, 0.1) is 16.7 Å². The Labute approximate surface area is 144 Å². The van der Waals surface area contributed by atoms with Crippen LogP contribution >= 0.6 is 11.3 Å². The van der Waals surface area contributed by atoms with Crippen LogP contribution in [0.15, 0.2) is 35.4 Å². The quantitative estimate of drug-likeness (QED) is 0.893. The highest BCUT2D eigenvalue weighted by molar-refractivity contribution is 7.11. The van der Waals surface area contributed by atoms with E-state index in [2.05, 4.69) is 11.1 Å². The monoisotopic (exact) mass is 336 g/mol. The number of nitrogens with zero attached hydrogens (tertiary/aromatic N) is 3. The summed E-state index contributed by atoms with van der Waals surface area (Å²) < 4.78 is 0. The molecule has 6 heteroatoms. The zero-order valence-corrected chi connectivity index (χ0v) is 14.0. The number of aliphatic hydroxyl groups is 1. The first-order chi connectivity index (χ1) is 11.6. The molecular formula is C18H16N4OS. The lowest BCUT2D eigenvalue weighted by Crippen LogP contribution is -2.35. The molecule has 1 aromatic heterocycles. The molecule has 2 N–H and O–H groups in total. The second kappa shape index (κ2) is 5.46. The van der Waals surface area contributed by atoms with E-state index in [1.54, 1.807) is 12.1 Å². The Morgan fingerprint density at radius 1 is 1.33 bits per heavy atom. The van der Waals surface area contributed by atoms with E-state index in [1.807, 2.05) is 29.3 Å². The van der Waals surface area contributed by atoms with Crippen LogP contribution in [0.4, 0.5) is 0 Å². The Kier molecular flexibility index (Phi) is 3.39. The summed E-state index contributed by atoms with van der Waals surface area (Å²) >= 11 is 1.43. The molecule has 5 nitrogen and oxygen atoms in total. The molecule has 0 saturated heterocycles. The van der Waals surface area contributed by atoms with Gasteiger partial charge in [0, 0.05) is 17.0 Å². The number of aliphatic hydroxyl groups excluding tert-OH is 1. The minimum absolute atomic E-state index is 0.151. The maximum absolute atomic E-state index is 10.5. The Balaban J connectivity index is 1.67. The molecule has 120 valence electrons. The van der Waals surface area contributed by atoms with Crippen LogP contribution < -0.4 is 0 Å². The Bertz CT molecular complexity index is 886. The number of thiazole rings is 1. The lowest BCUT2D eigenvalue weighted by atomic mass is 10.1. The van der Waals surface area contributed by atoms with E-state index in [1.165, 1.54) is 11.3 Å². The number of hydrogen-bond donors (Lipinski definition) is 2. The van der Waals surface area contributed by atoms with Crippen molar-refractivity contribution in [1.29, 1.82) is 10.7 Å². The lowest BCUT2D eigenvalue weighted by Gasteiger charge is -2.23. The first kappa shape index (κ1) is 14.9. The first-order valence-electron chi connectivity index (χ1n) is 7.87. The summed E-state index contributed by atoms with van der Waals surface area (Å²) in [5.41, 5.74) is 2.89. The van der Waals surface area contributed by atoms with Crippen molar-refractivity contribution in [3.63, 3.8) is 0 Å². The number of nitrogens with one attached hydrogen (secondary N) is 1. The van der Waals surface area contributed by atoms with Gasteiger partial charge in [-0.15, -0.1) is 11.3 Å². The summed E-state index contributed by atoms with van der Waals surface area (Å²) in [6.45, 7) is 1.93. The molecule has 4 rings (SSSR count). The van der Waals surface area contributed by atoms with Crippen molar-refractivity contribution in [3.05, 3.63) is 46.0 Å². The number of benzene rings is 1. The third-order valence-corrected chi connectivity index (χ3v) is 5.39. The lowest BCUT2D eigenvalue weighted by molar-refractivity contribution is 0.280. The summed E-state index contributed by atoms with van der Waals surface area (Å²) in [5.74, 6) is 0.621. The summed E-state index contributed by atoms with van der Waals surface area (Å²) in [6.07, 6.45) is 2.17. The zero-order valence-electron chi connectivity index (χ0n) is 13.2. The molecule has 1 aromatic carbocycles. The minimum Gasteiger partial charge on any atom is -0.509 e. The SMILES string of the molecule is CC1C(O)=C(c2nc(-c3ccc(C#N)cc3)cs2)C(=N)N1C1CC1. The average molecular weight is 336 g/mol. The molecule has 0 bridgehead atoms. The number of rotatable bonds is 3. The van der Waals surface area contributed by atoms with Crippen molar-refractivity contribution in [2.45, 2.75) is 31.8 Å². The van der Waals surface area contributed by atoms with Gasteiger partial charge in [0.1, 0.15) is 16.6 Å². The van der Waals surface area contributed by atoms with E-state index in [0.29, 0.717) is 28.0 Å². The Morgan fingerprint density at radius 2 is 2.04 bits per heavy atom. The summed E-state index contributed by atoms with van der Waals surface area (Å²) in [5, 5.41) is 30.4. The molecule has 2 heterocycles. The molecule has 1 aliphatic heterocycles. The number of aromatic nitrogens is 1. The highest BCUT2D eigenvalue weighted by Gasteiger charge is 2.43. The topological polar surface area (TPSA) is 84.0 Å². The van der Waals surface area contributed by atoms with Crippen LogP contribution in [0.3, 0.4) is 0 Å². The fourth-order valence-corrected chi connectivity index (χ4v) is 3.97. The van der Waals surface area contributed by atoms with Crippen LogP contribution in [0.2, 0.25) is 0 Å². The smallest absolute Gasteiger partial charge is 0.135 e. The van der Waals surface area contributed by atoms with Gasteiger partial charge in [0.15, 0.2) is 0 Å². The number of nitriles is 1. The average Bonchev–Trinajstić information content (AvgIpc) is 3.26. The number of hydrogen-bond acceptors (Lipinski definition) is 5. The highest BCUT2D eigenvalue weighted by Crippen LogP contribution is 2.40. The van der Waals surface area contributed by atoms with E-state index >= 15 is 0 Å². The van der Waals surface area contributed by atoms with Gasteiger partial charge in [-0.2, -0.15) is 5.26 Å². The molecule has 2 aliphatic rings. The van der Waals surface area contributed by atoms with Gasteiger partial charge >= 0.3 is 0 Å². The van der Waals surface area contributed by atoms with E-state index < -0.39 is 0 Å². The van der Waals surface area contributed by atoms with E-state index in [-0.39, 0.29) is 11.8 Å². The maximum Gasteiger partial charge on any atom is 0.135 e. The summed E-state index contributed by atoms with van der Waals surface area (Å²) in [7, 11) is 0. The molecule has 0 amide bonds. The van der Waals surface area contributed by atoms with E-state index in [0.717, 1.165) is 24.1 Å². The summed E-state index contributed by atoms with van der Waals surface area (Å²) in [6, 6.07) is 9.59.